The van der Waals surface area contributed by atoms with Crippen molar-refractivity contribution in [3.8, 4) is 0 Å². The van der Waals surface area contributed by atoms with Crippen LogP contribution >= 0.6 is 0 Å². The van der Waals surface area contributed by atoms with Crippen LogP contribution in [0.4, 0.5) is 0 Å². The first-order chi connectivity index (χ1) is 8.11. The summed E-state index contributed by atoms with van der Waals surface area (Å²) in [6, 6.07) is 4.15. The van der Waals surface area contributed by atoms with Crippen LogP contribution < -0.4 is 5.32 Å². The fourth-order valence-corrected chi connectivity index (χ4v) is 2.34. The van der Waals surface area contributed by atoms with Crippen molar-refractivity contribution < 1.29 is 5.11 Å². The average molecular weight is 238 g/mol. The lowest BCUT2D eigenvalue weighted by Crippen LogP contribution is -2.40. The second-order valence-corrected chi connectivity index (χ2v) is 4.94. The Morgan fingerprint density at radius 3 is 2.41 bits per heavy atom. The summed E-state index contributed by atoms with van der Waals surface area (Å²) in [7, 11) is 2.04. The fraction of sp³-hybridized carbons (Fsp3) is 0.714. The predicted octanol–water partition coefficient (Wildman–Crippen LogP) is 2.45. The summed E-state index contributed by atoms with van der Waals surface area (Å²) in [6.07, 6.45) is 5.86. The van der Waals surface area contributed by atoms with E-state index in [1.165, 1.54) is 5.69 Å². The van der Waals surface area contributed by atoms with Gasteiger partial charge in [-0.05, 0) is 25.0 Å². The Morgan fingerprint density at radius 2 is 1.94 bits per heavy atom. The maximum Gasteiger partial charge on any atom is 0.0771 e. The van der Waals surface area contributed by atoms with Gasteiger partial charge in [-0.1, -0.05) is 26.7 Å². The molecule has 1 rings (SSSR count). The van der Waals surface area contributed by atoms with E-state index >= 15 is 0 Å². The first kappa shape index (κ1) is 14.3. The van der Waals surface area contributed by atoms with Gasteiger partial charge in [0, 0.05) is 32.0 Å². The van der Waals surface area contributed by atoms with Crippen LogP contribution in [0.15, 0.2) is 18.3 Å². The fourth-order valence-electron chi connectivity index (χ4n) is 2.34. The molecule has 17 heavy (non-hydrogen) atoms. The first-order valence-electron chi connectivity index (χ1n) is 6.64. The minimum Gasteiger partial charge on any atom is -0.389 e. The molecule has 1 aromatic rings. The van der Waals surface area contributed by atoms with Gasteiger partial charge in [-0.15, -0.1) is 0 Å². The third-order valence-electron chi connectivity index (χ3n) is 3.24. The van der Waals surface area contributed by atoms with Gasteiger partial charge in [-0.3, -0.25) is 0 Å². The largest absolute Gasteiger partial charge is 0.389 e. The van der Waals surface area contributed by atoms with Gasteiger partial charge in [0.1, 0.15) is 0 Å². The van der Waals surface area contributed by atoms with Crippen molar-refractivity contribution in [3.63, 3.8) is 0 Å². The van der Waals surface area contributed by atoms with Crippen LogP contribution in [0.25, 0.3) is 0 Å². The molecule has 0 radical (unpaired) electrons. The van der Waals surface area contributed by atoms with E-state index in [0.29, 0.717) is 6.54 Å². The molecule has 0 spiro atoms. The van der Waals surface area contributed by atoms with E-state index in [2.05, 4.69) is 29.8 Å². The first-order valence-corrected chi connectivity index (χ1v) is 6.64. The van der Waals surface area contributed by atoms with Crippen LogP contribution in [-0.2, 0) is 13.6 Å². The third-order valence-corrected chi connectivity index (χ3v) is 3.24. The minimum atomic E-state index is -0.533. The number of hydrogen-bond donors (Lipinski definition) is 2. The van der Waals surface area contributed by atoms with Crippen molar-refractivity contribution in [1.29, 1.82) is 0 Å². The molecule has 2 N–H and O–H groups in total. The normalized spacial score (nSPS) is 12.0. The molecule has 0 fully saturated rings. The molecule has 0 atom stereocenters. The summed E-state index contributed by atoms with van der Waals surface area (Å²) < 4.78 is 2.10. The second kappa shape index (κ2) is 6.82. The Hall–Kier alpha value is -0.800. The highest BCUT2D eigenvalue weighted by Gasteiger charge is 2.23. The predicted molar refractivity (Wildman–Crippen MR) is 71.9 cm³/mol. The number of aryl methyl sites for hydroxylation is 1. The Bertz CT molecular complexity index is 314. The average Bonchev–Trinajstić information content (AvgIpc) is 2.65. The van der Waals surface area contributed by atoms with E-state index in [9.17, 15) is 5.11 Å². The number of rotatable bonds is 8. The van der Waals surface area contributed by atoms with Gasteiger partial charge in [0.2, 0.25) is 0 Å². The van der Waals surface area contributed by atoms with E-state index in [1.807, 2.05) is 19.3 Å². The van der Waals surface area contributed by atoms with E-state index in [0.717, 1.165) is 32.2 Å². The number of aliphatic hydroxyl groups is 1. The molecule has 3 heteroatoms. The number of nitrogens with one attached hydrogen (secondary N) is 1. The van der Waals surface area contributed by atoms with Gasteiger partial charge in [0.25, 0.3) is 0 Å². The Kier molecular flexibility index (Phi) is 5.72. The molecule has 3 nitrogen and oxygen atoms in total. The van der Waals surface area contributed by atoms with E-state index in [1.54, 1.807) is 0 Å². The standard InChI is InChI=1S/C14H26N2O/c1-4-8-14(17,9-5-2)12-15-11-13-7-6-10-16(13)3/h6-7,10,15,17H,4-5,8-9,11-12H2,1-3H3. The maximum atomic E-state index is 10.4. The van der Waals surface area contributed by atoms with Crippen LogP contribution in [0.2, 0.25) is 0 Å². The Labute approximate surface area is 105 Å². The van der Waals surface area contributed by atoms with Gasteiger partial charge in [0.15, 0.2) is 0 Å². The molecule has 1 heterocycles. The quantitative estimate of drug-likeness (QED) is 0.730. The Balaban J connectivity index is 2.39. The summed E-state index contributed by atoms with van der Waals surface area (Å²) >= 11 is 0. The smallest absolute Gasteiger partial charge is 0.0771 e. The molecule has 0 aliphatic heterocycles. The molecule has 0 bridgehead atoms. The van der Waals surface area contributed by atoms with Crippen LogP contribution in [-0.4, -0.2) is 21.8 Å². The number of hydrogen-bond acceptors (Lipinski definition) is 2. The van der Waals surface area contributed by atoms with Gasteiger partial charge in [0.05, 0.1) is 5.60 Å². The third kappa shape index (κ3) is 4.52. The molecule has 0 saturated carbocycles. The van der Waals surface area contributed by atoms with Gasteiger partial charge < -0.3 is 15.0 Å². The van der Waals surface area contributed by atoms with Crippen molar-refractivity contribution in [2.45, 2.75) is 51.7 Å². The monoisotopic (exact) mass is 238 g/mol. The maximum absolute atomic E-state index is 10.4. The van der Waals surface area contributed by atoms with Crippen LogP contribution in [0.3, 0.4) is 0 Å². The molecular formula is C14H26N2O. The Morgan fingerprint density at radius 1 is 1.29 bits per heavy atom. The van der Waals surface area contributed by atoms with Crippen molar-refractivity contribution in [3.05, 3.63) is 24.0 Å². The second-order valence-electron chi connectivity index (χ2n) is 4.94. The lowest BCUT2D eigenvalue weighted by atomic mass is 9.92. The number of aromatic nitrogens is 1. The summed E-state index contributed by atoms with van der Waals surface area (Å²) in [4.78, 5) is 0. The SMILES string of the molecule is CCCC(O)(CCC)CNCc1cccn1C. The van der Waals surface area contributed by atoms with E-state index < -0.39 is 5.60 Å². The molecule has 0 saturated heterocycles. The van der Waals surface area contributed by atoms with Crippen LogP contribution in [0.5, 0.6) is 0 Å². The molecular weight excluding hydrogens is 212 g/mol. The highest BCUT2D eigenvalue weighted by molar-refractivity contribution is 5.06. The van der Waals surface area contributed by atoms with Gasteiger partial charge in [-0.25, -0.2) is 0 Å². The molecule has 0 aromatic carbocycles. The summed E-state index contributed by atoms with van der Waals surface area (Å²) in [5, 5.41) is 13.8. The van der Waals surface area contributed by atoms with Crippen molar-refractivity contribution in [2.75, 3.05) is 6.54 Å². The molecule has 0 amide bonds. The topological polar surface area (TPSA) is 37.2 Å². The molecule has 0 aliphatic carbocycles. The van der Waals surface area contributed by atoms with Crippen molar-refractivity contribution in [1.82, 2.24) is 9.88 Å². The van der Waals surface area contributed by atoms with Crippen LogP contribution in [0.1, 0.15) is 45.2 Å². The van der Waals surface area contributed by atoms with Crippen molar-refractivity contribution >= 4 is 0 Å². The summed E-state index contributed by atoms with van der Waals surface area (Å²) in [5.74, 6) is 0. The summed E-state index contributed by atoms with van der Waals surface area (Å²) in [6.45, 7) is 5.74. The van der Waals surface area contributed by atoms with E-state index in [-0.39, 0.29) is 0 Å². The minimum absolute atomic E-state index is 0.533. The van der Waals surface area contributed by atoms with E-state index in [4.69, 9.17) is 0 Å². The van der Waals surface area contributed by atoms with Gasteiger partial charge >= 0.3 is 0 Å². The highest BCUT2D eigenvalue weighted by atomic mass is 16.3. The zero-order chi connectivity index (χ0) is 12.7. The van der Waals surface area contributed by atoms with Crippen molar-refractivity contribution in [2.24, 2.45) is 7.05 Å². The summed E-state index contributed by atoms with van der Waals surface area (Å²) in [5.41, 5.74) is 0.717. The van der Waals surface area contributed by atoms with Gasteiger partial charge in [-0.2, -0.15) is 0 Å². The number of nitrogens with zero attached hydrogens (tertiary/aromatic N) is 1. The molecule has 1 aromatic heterocycles. The lowest BCUT2D eigenvalue weighted by molar-refractivity contribution is 0.0214. The molecule has 0 unspecified atom stereocenters. The zero-order valence-electron chi connectivity index (χ0n) is 11.4. The molecule has 98 valence electrons. The molecule has 0 aliphatic rings. The lowest BCUT2D eigenvalue weighted by Gasteiger charge is -2.28. The highest BCUT2D eigenvalue weighted by Crippen LogP contribution is 2.18. The van der Waals surface area contributed by atoms with Crippen LogP contribution in [0, 0.1) is 0 Å². The zero-order valence-corrected chi connectivity index (χ0v) is 11.4.